The van der Waals surface area contributed by atoms with Crippen molar-refractivity contribution in [1.29, 1.82) is 0 Å². The minimum absolute atomic E-state index is 0.697. The Morgan fingerprint density at radius 3 is 2.84 bits per heavy atom. The molecule has 0 unspecified atom stereocenters. The van der Waals surface area contributed by atoms with Crippen LogP contribution in [0.15, 0.2) is 30.6 Å². The van der Waals surface area contributed by atoms with Crippen LogP contribution in [0.1, 0.15) is 37.7 Å². The smallest absolute Gasteiger partial charge is 0.0452 e. The van der Waals surface area contributed by atoms with Crippen molar-refractivity contribution in [3.8, 4) is 0 Å². The summed E-state index contributed by atoms with van der Waals surface area (Å²) in [6.45, 7) is 3.39. The average molecular weight is 338 g/mol. The summed E-state index contributed by atoms with van der Waals surface area (Å²) in [6, 6.07) is 8.11. The standard InChI is InChI=1S/C21H30N4/c1-22-11-3-12-24-18-6-8-19(9-7-18)25-13-10-17-15-23-14-16-4-2-5-20(25)21(16)17/h2,4-5,14-15,18-19,22,24H,3,6-13H2,1H3. The SMILES string of the molecule is CNCCCNC1CCC(N2CCc3cncc4cccc2c34)CC1. The van der Waals surface area contributed by atoms with Gasteiger partial charge in [0.15, 0.2) is 0 Å². The summed E-state index contributed by atoms with van der Waals surface area (Å²) >= 11 is 0. The average Bonchev–Trinajstić information content (AvgIpc) is 2.67. The predicted octanol–water partition coefficient (Wildman–Crippen LogP) is 3.11. The van der Waals surface area contributed by atoms with Crippen LogP contribution in [0, 0.1) is 0 Å². The highest BCUT2D eigenvalue weighted by Gasteiger charge is 2.29. The van der Waals surface area contributed by atoms with Gasteiger partial charge in [0.05, 0.1) is 0 Å². The molecule has 1 aliphatic heterocycles. The zero-order valence-corrected chi connectivity index (χ0v) is 15.3. The van der Waals surface area contributed by atoms with Gasteiger partial charge in [-0.15, -0.1) is 0 Å². The summed E-state index contributed by atoms with van der Waals surface area (Å²) < 4.78 is 0. The molecule has 2 N–H and O–H groups in total. The second-order valence-electron chi connectivity index (χ2n) is 7.53. The van der Waals surface area contributed by atoms with Crippen LogP contribution in [0.3, 0.4) is 0 Å². The molecule has 1 aliphatic carbocycles. The number of anilines is 1. The number of hydrogen-bond donors (Lipinski definition) is 2. The Labute approximate surface area is 151 Å². The largest absolute Gasteiger partial charge is 0.368 e. The van der Waals surface area contributed by atoms with E-state index in [2.05, 4.69) is 44.9 Å². The van der Waals surface area contributed by atoms with Crippen LogP contribution in [0.2, 0.25) is 0 Å². The van der Waals surface area contributed by atoms with Crippen LogP contribution < -0.4 is 15.5 Å². The van der Waals surface area contributed by atoms with Gasteiger partial charge in [0.1, 0.15) is 0 Å². The third-order valence-corrected chi connectivity index (χ3v) is 5.95. The maximum atomic E-state index is 4.42. The lowest BCUT2D eigenvalue weighted by Crippen LogP contribution is -2.44. The molecule has 2 aromatic rings. The molecule has 0 bridgehead atoms. The van der Waals surface area contributed by atoms with E-state index < -0.39 is 0 Å². The van der Waals surface area contributed by atoms with Crippen LogP contribution in [0.4, 0.5) is 5.69 Å². The van der Waals surface area contributed by atoms with E-state index in [1.165, 1.54) is 54.1 Å². The van der Waals surface area contributed by atoms with Crippen LogP contribution in [0.25, 0.3) is 10.8 Å². The van der Waals surface area contributed by atoms with Crippen molar-refractivity contribution < 1.29 is 0 Å². The third-order valence-electron chi connectivity index (χ3n) is 5.95. The van der Waals surface area contributed by atoms with Gasteiger partial charge in [-0.2, -0.15) is 0 Å². The van der Waals surface area contributed by atoms with Crippen LogP contribution >= 0.6 is 0 Å². The molecule has 25 heavy (non-hydrogen) atoms. The highest BCUT2D eigenvalue weighted by Crippen LogP contribution is 2.37. The van der Waals surface area contributed by atoms with Gasteiger partial charge in [0.25, 0.3) is 0 Å². The molecule has 2 aliphatic rings. The van der Waals surface area contributed by atoms with E-state index in [9.17, 15) is 0 Å². The summed E-state index contributed by atoms with van der Waals surface area (Å²) in [5.41, 5.74) is 2.86. The Morgan fingerprint density at radius 1 is 1.12 bits per heavy atom. The fraction of sp³-hybridized carbons (Fsp3) is 0.571. The minimum atomic E-state index is 0.697. The second kappa shape index (κ2) is 7.71. The van der Waals surface area contributed by atoms with E-state index in [0.29, 0.717) is 12.1 Å². The van der Waals surface area contributed by atoms with Crippen molar-refractivity contribution in [2.75, 3.05) is 31.6 Å². The molecule has 4 rings (SSSR count). The maximum Gasteiger partial charge on any atom is 0.0452 e. The molecule has 0 atom stereocenters. The minimum Gasteiger partial charge on any atom is -0.368 e. The number of benzene rings is 1. The summed E-state index contributed by atoms with van der Waals surface area (Å²) in [7, 11) is 2.03. The van der Waals surface area contributed by atoms with E-state index in [1.807, 2.05) is 13.2 Å². The molecule has 0 radical (unpaired) electrons. The van der Waals surface area contributed by atoms with E-state index >= 15 is 0 Å². The first-order chi connectivity index (χ1) is 12.4. The number of aromatic nitrogens is 1. The molecule has 1 aromatic carbocycles. The number of nitrogens with one attached hydrogen (secondary N) is 2. The molecule has 0 saturated heterocycles. The van der Waals surface area contributed by atoms with Gasteiger partial charge in [0, 0.05) is 47.5 Å². The van der Waals surface area contributed by atoms with Crippen molar-refractivity contribution in [1.82, 2.24) is 15.6 Å². The van der Waals surface area contributed by atoms with E-state index in [1.54, 1.807) is 0 Å². The summed E-state index contributed by atoms with van der Waals surface area (Å²) in [5.74, 6) is 0. The zero-order chi connectivity index (χ0) is 17.1. The molecule has 1 aromatic heterocycles. The fourth-order valence-electron chi connectivity index (χ4n) is 4.62. The normalized spacial score (nSPS) is 23.2. The third kappa shape index (κ3) is 3.51. The summed E-state index contributed by atoms with van der Waals surface area (Å²) in [5, 5.41) is 9.70. The monoisotopic (exact) mass is 338 g/mol. The fourth-order valence-corrected chi connectivity index (χ4v) is 4.62. The van der Waals surface area contributed by atoms with Crippen molar-refractivity contribution >= 4 is 16.5 Å². The predicted molar refractivity (Wildman–Crippen MR) is 105 cm³/mol. The van der Waals surface area contributed by atoms with Gasteiger partial charge < -0.3 is 15.5 Å². The first kappa shape index (κ1) is 16.8. The number of hydrogen-bond acceptors (Lipinski definition) is 4. The van der Waals surface area contributed by atoms with Gasteiger partial charge >= 0.3 is 0 Å². The van der Waals surface area contributed by atoms with Gasteiger partial charge in [-0.25, -0.2) is 0 Å². The molecular formula is C21H30N4. The quantitative estimate of drug-likeness (QED) is 0.794. The molecule has 134 valence electrons. The molecular weight excluding hydrogens is 308 g/mol. The Hall–Kier alpha value is -1.65. The Morgan fingerprint density at radius 2 is 2.00 bits per heavy atom. The molecule has 1 fully saturated rings. The van der Waals surface area contributed by atoms with E-state index in [0.717, 1.165) is 26.1 Å². The van der Waals surface area contributed by atoms with E-state index in [-0.39, 0.29) is 0 Å². The lowest BCUT2D eigenvalue weighted by Gasteiger charge is -2.41. The lowest BCUT2D eigenvalue weighted by molar-refractivity contribution is 0.330. The number of nitrogens with zero attached hydrogens (tertiary/aromatic N) is 2. The Bertz CT molecular complexity index is 701. The molecule has 0 amide bonds. The summed E-state index contributed by atoms with van der Waals surface area (Å²) in [4.78, 5) is 7.10. The molecule has 1 saturated carbocycles. The van der Waals surface area contributed by atoms with Crippen molar-refractivity contribution in [3.63, 3.8) is 0 Å². The highest BCUT2D eigenvalue weighted by molar-refractivity contribution is 5.97. The zero-order valence-electron chi connectivity index (χ0n) is 15.3. The van der Waals surface area contributed by atoms with Gasteiger partial charge in [-0.05, 0) is 70.3 Å². The van der Waals surface area contributed by atoms with Crippen LogP contribution in [0.5, 0.6) is 0 Å². The molecule has 4 nitrogen and oxygen atoms in total. The van der Waals surface area contributed by atoms with Crippen molar-refractivity contribution in [2.24, 2.45) is 0 Å². The van der Waals surface area contributed by atoms with Gasteiger partial charge in [-0.1, -0.05) is 12.1 Å². The highest BCUT2D eigenvalue weighted by atomic mass is 15.2. The van der Waals surface area contributed by atoms with Gasteiger partial charge in [0.2, 0.25) is 0 Å². The van der Waals surface area contributed by atoms with Crippen molar-refractivity contribution in [3.05, 3.63) is 36.2 Å². The van der Waals surface area contributed by atoms with E-state index in [4.69, 9.17) is 0 Å². The first-order valence-corrected chi connectivity index (χ1v) is 9.87. The maximum absolute atomic E-state index is 4.42. The molecule has 0 spiro atoms. The summed E-state index contributed by atoms with van der Waals surface area (Å²) in [6.07, 6.45) is 11.6. The molecule has 4 heteroatoms. The van der Waals surface area contributed by atoms with Crippen LogP contribution in [-0.4, -0.2) is 43.7 Å². The van der Waals surface area contributed by atoms with Crippen molar-refractivity contribution in [2.45, 2.75) is 50.6 Å². The lowest BCUT2D eigenvalue weighted by atomic mass is 9.88. The first-order valence-electron chi connectivity index (χ1n) is 9.87. The Kier molecular flexibility index (Phi) is 5.18. The number of rotatable bonds is 6. The molecule has 2 heterocycles. The van der Waals surface area contributed by atoms with Gasteiger partial charge in [-0.3, -0.25) is 4.98 Å². The Balaban J connectivity index is 1.42. The second-order valence-corrected chi connectivity index (χ2v) is 7.53. The number of pyridine rings is 1. The van der Waals surface area contributed by atoms with Crippen LogP contribution in [-0.2, 0) is 6.42 Å². The topological polar surface area (TPSA) is 40.2 Å².